The van der Waals surface area contributed by atoms with E-state index in [0.717, 1.165) is 40.8 Å². The van der Waals surface area contributed by atoms with E-state index >= 15 is 0 Å². The maximum Gasteiger partial charge on any atom is 0.407 e. The highest BCUT2D eigenvalue weighted by Crippen LogP contribution is 2.37. The zero-order chi connectivity index (χ0) is 19.0. The lowest BCUT2D eigenvalue weighted by atomic mass is 10.1. The molecule has 2 aromatic heterocycles. The fraction of sp³-hybridized carbons (Fsp3) is 0.316. The molecule has 8 heteroatoms. The summed E-state index contributed by atoms with van der Waals surface area (Å²) in [6.45, 7) is 1.02. The Morgan fingerprint density at radius 3 is 2.78 bits per heavy atom. The Bertz CT molecular complexity index is 992. The number of methoxy groups -OCH3 is 1. The molecule has 0 atom stereocenters. The Hall–Kier alpha value is -3.29. The van der Waals surface area contributed by atoms with Crippen molar-refractivity contribution in [2.45, 2.75) is 18.9 Å². The fourth-order valence-electron chi connectivity index (χ4n) is 3.73. The van der Waals surface area contributed by atoms with E-state index in [9.17, 15) is 9.90 Å². The van der Waals surface area contributed by atoms with Gasteiger partial charge in [-0.25, -0.2) is 14.8 Å². The number of amides is 1. The molecule has 27 heavy (non-hydrogen) atoms. The van der Waals surface area contributed by atoms with Gasteiger partial charge < -0.3 is 25.0 Å². The first-order valence-corrected chi connectivity index (χ1v) is 8.81. The summed E-state index contributed by atoms with van der Waals surface area (Å²) in [5, 5.41) is 9.99. The van der Waals surface area contributed by atoms with E-state index < -0.39 is 6.09 Å². The molecule has 0 saturated carbocycles. The minimum atomic E-state index is -0.866. The third-order valence-electron chi connectivity index (χ3n) is 5.15. The van der Waals surface area contributed by atoms with Crippen LogP contribution in [0.4, 0.5) is 10.6 Å². The second kappa shape index (κ2) is 6.79. The summed E-state index contributed by atoms with van der Waals surface area (Å²) in [6.07, 6.45) is 4.12. The van der Waals surface area contributed by atoms with Crippen molar-refractivity contribution in [3.05, 3.63) is 36.8 Å². The van der Waals surface area contributed by atoms with Crippen molar-refractivity contribution in [3.8, 4) is 16.9 Å². The smallest absolute Gasteiger partial charge is 0.407 e. The fourth-order valence-corrected chi connectivity index (χ4v) is 3.73. The lowest BCUT2D eigenvalue weighted by Crippen LogP contribution is -2.38. The Labute approximate surface area is 156 Å². The number of nitrogen functional groups attached to an aromatic ring is 1. The van der Waals surface area contributed by atoms with Gasteiger partial charge >= 0.3 is 6.09 Å². The van der Waals surface area contributed by atoms with Gasteiger partial charge in [-0.05, 0) is 30.5 Å². The zero-order valence-corrected chi connectivity index (χ0v) is 15.0. The predicted octanol–water partition coefficient (Wildman–Crippen LogP) is 3.00. The number of nitrogens with zero attached hydrogens (tertiary/aromatic N) is 4. The first kappa shape index (κ1) is 17.1. The topological polar surface area (TPSA) is 106 Å². The molecule has 140 valence electrons. The highest BCUT2D eigenvalue weighted by molar-refractivity contribution is 6.00. The van der Waals surface area contributed by atoms with Crippen LogP contribution in [0.5, 0.6) is 5.75 Å². The minimum Gasteiger partial charge on any atom is -0.497 e. The van der Waals surface area contributed by atoms with E-state index in [1.54, 1.807) is 7.11 Å². The number of nitrogens with two attached hydrogens (primary N) is 1. The van der Waals surface area contributed by atoms with Crippen LogP contribution >= 0.6 is 0 Å². The summed E-state index contributed by atoms with van der Waals surface area (Å²) < 4.78 is 7.46. The lowest BCUT2D eigenvalue weighted by molar-refractivity contribution is 0.126. The number of hydrogen-bond donors (Lipinski definition) is 2. The number of fused-ring (bicyclic) bond motifs is 1. The number of benzene rings is 1. The maximum absolute atomic E-state index is 11.2. The van der Waals surface area contributed by atoms with Crippen LogP contribution in [0.25, 0.3) is 22.2 Å². The molecule has 0 radical (unpaired) electrons. The molecule has 3 N–H and O–H groups in total. The normalized spacial score (nSPS) is 15.2. The molecule has 1 aromatic carbocycles. The summed E-state index contributed by atoms with van der Waals surface area (Å²) in [7, 11) is 1.64. The van der Waals surface area contributed by atoms with Gasteiger partial charge in [-0.2, -0.15) is 0 Å². The van der Waals surface area contributed by atoms with Crippen LogP contribution in [0.15, 0.2) is 36.8 Å². The summed E-state index contributed by atoms with van der Waals surface area (Å²) in [5.41, 5.74) is 8.88. The van der Waals surface area contributed by atoms with E-state index in [1.807, 2.05) is 30.5 Å². The number of likely N-dealkylation sites (tertiary alicyclic amines) is 1. The van der Waals surface area contributed by atoms with Crippen molar-refractivity contribution < 1.29 is 14.6 Å². The highest BCUT2D eigenvalue weighted by Gasteiger charge is 2.26. The minimum absolute atomic E-state index is 0.164. The third kappa shape index (κ3) is 3.03. The van der Waals surface area contributed by atoms with Gasteiger partial charge in [0.05, 0.1) is 12.5 Å². The SMILES string of the molecule is COc1cccc(-c2cn(C3CCN(C(=O)O)CC3)c3ncnc(N)c23)c1. The van der Waals surface area contributed by atoms with Crippen LogP contribution in [-0.2, 0) is 0 Å². The molecular weight excluding hydrogens is 346 g/mol. The van der Waals surface area contributed by atoms with Crippen molar-refractivity contribution in [2.24, 2.45) is 0 Å². The van der Waals surface area contributed by atoms with Gasteiger partial charge in [-0.3, -0.25) is 0 Å². The Morgan fingerprint density at radius 2 is 2.07 bits per heavy atom. The summed E-state index contributed by atoms with van der Waals surface area (Å²) in [4.78, 5) is 21.3. The second-order valence-corrected chi connectivity index (χ2v) is 6.64. The van der Waals surface area contributed by atoms with Crippen LogP contribution in [0.1, 0.15) is 18.9 Å². The molecule has 1 aliphatic rings. The molecule has 0 bridgehead atoms. The molecule has 1 amide bonds. The number of piperidine rings is 1. The highest BCUT2D eigenvalue weighted by atomic mass is 16.5. The number of rotatable bonds is 3. The first-order chi connectivity index (χ1) is 13.1. The van der Waals surface area contributed by atoms with Gasteiger partial charge in [0.15, 0.2) is 0 Å². The number of carbonyl (C=O) groups is 1. The number of aromatic nitrogens is 3. The van der Waals surface area contributed by atoms with Crippen molar-refractivity contribution in [1.29, 1.82) is 0 Å². The van der Waals surface area contributed by atoms with Gasteiger partial charge in [-0.15, -0.1) is 0 Å². The largest absolute Gasteiger partial charge is 0.497 e. The molecule has 8 nitrogen and oxygen atoms in total. The summed E-state index contributed by atoms with van der Waals surface area (Å²) >= 11 is 0. The van der Waals surface area contributed by atoms with E-state index in [0.29, 0.717) is 18.9 Å². The molecule has 1 fully saturated rings. The van der Waals surface area contributed by atoms with Crippen LogP contribution in [0, 0.1) is 0 Å². The van der Waals surface area contributed by atoms with Gasteiger partial charge in [0.25, 0.3) is 0 Å². The second-order valence-electron chi connectivity index (χ2n) is 6.64. The third-order valence-corrected chi connectivity index (χ3v) is 5.15. The quantitative estimate of drug-likeness (QED) is 0.737. The Kier molecular flexibility index (Phi) is 4.31. The van der Waals surface area contributed by atoms with Crippen molar-refractivity contribution in [3.63, 3.8) is 0 Å². The summed E-state index contributed by atoms with van der Waals surface area (Å²) in [5.74, 6) is 1.19. The first-order valence-electron chi connectivity index (χ1n) is 8.81. The molecular formula is C19H21N5O3. The molecule has 3 heterocycles. The average Bonchev–Trinajstić information content (AvgIpc) is 3.09. The van der Waals surface area contributed by atoms with Gasteiger partial charge in [0, 0.05) is 30.9 Å². The number of ether oxygens (including phenoxy) is 1. The lowest BCUT2D eigenvalue weighted by Gasteiger charge is -2.31. The van der Waals surface area contributed by atoms with Crippen LogP contribution < -0.4 is 10.5 Å². The molecule has 0 aliphatic carbocycles. The molecule has 4 rings (SSSR count). The van der Waals surface area contributed by atoms with Crippen LogP contribution in [0.3, 0.4) is 0 Å². The zero-order valence-electron chi connectivity index (χ0n) is 15.0. The monoisotopic (exact) mass is 367 g/mol. The molecule has 1 aliphatic heterocycles. The number of anilines is 1. The van der Waals surface area contributed by atoms with Crippen LogP contribution in [-0.4, -0.2) is 50.8 Å². The molecule has 3 aromatic rings. The van der Waals surface area contributed by atoms with Crippen molar-refractivity contribution >= 4 is 22.9 Å². The van der Waals surface area contributed by atoms with E-state index in [4.69, 9.17) is 10.5 Å². The van der Waals surface area contributed by atoms with Crippen molar-refractivity contribution in [2.75, 3.05) is 25.9 Å². The Morgan fingerprint density at radius 1 is 1.30 bits per heavy atom. The van der Waals surface area contributed by atoms with Gasteiger partial charge in [-0.1, -0.05) is 12.1 Å². The van der Waals surface area contributed by atoms with E-state index in [2.05, 4.69) is 14.5 Å². The average molecular weight is 367 g/mol. The Balaban J connectivity index is 1.79. The summed E-state index contributed by atoms with van der Waals surface area (Å²) in [6, 6.07) is 7.95. The van der Waals surface area contributed by atoms with Crippen LogP contribution in [0.2, 0.25) is 0 Å². The molecule has 1 saturated heterocycles. The predicted molar refractivity (Wildman–Crippen MR) is 102 cm³/mol. The van der Waals surface area contributed by atoms with Gasteiger partial charge in [0.2, 0.25) is 0 Å². The standard InChI is InChI=1S/C19H21N5O3/c1-27-14-4-2-3-12(9-14)15-10-24(18-16(15)17(20)21-11-22-18)13-5-7-23(8-6-13)19(25)26/h2-4,9-11,13H,5-8H2,1H3,(H,25,26)(H2,20,21,22). The molecule has 0 unspecified atom stereocenters. The van der Waals surface area contributed by atoms with Crippen molar-refractivity contribution in [1.82, 2.24) is 19.4 Å². The number of hydrogen-bond acceptors (Lipinski definition) is 5. The molecule has 0 spiro atoms. The maximum atomic E-state index is 11.2. The van der Waals surface area contributed by atoms with Gasteiger partial charge in [0.1, 0.15) is 23.5 Å². The van der Waals surface area contributed by atoms with E-state index in [-0.39, 0.29) is 6.04 Å². The number of carboxylic acid groups (broad SMARTS) is 1. The van der Waals surface area contributed by atoms with E-state index in [1.165, 1.54) is 11.2 Å².